The van der Waals surface area contributed by atoms with Gasteiger partial charge in [0.25, 0.3) is 0 Å². The van der Waals surface area contributed by atoms with E-state index in [0.717, 1.165) is 25.3 Å². The summed E-state index contributed by atoms with van der Waals surface area (Å²) < 4.78 is 45.3. The molecule has 1 saturated heterocycles. The molecule has 1 aliphatic heterocycles. The predicted octanol–water partition coefficient (Wildman–Crippen LogP) is 1.95. The topological polar surface area (TPSA) is 49.9 Å². The molecule has 0 atom stereocenters. The second kappa shape index (κ2) is 7.25. The van der Waals surface area contributed by atoms with Crippen LogP contribution in [0.25, 0.3) is 0 Å². The summed E-state index contributed by atoms with van der Waals surface area (Å²) >= 11 is 0. The minimum atomic E-state index is -3.64. The highest BCUT2D eigenvalue weighted by molar-refractivity contribution is 7.89. The number of methoxy groups -OCH3 is 1. The highest BCUT2D eigenvalue weighted by atomic mass is 32.2. The quantitative estimate of drug-likeness (QED) is 0.791. The molecule has 1 aliphatic rings. The third-order valence-corrected chi connectivity index (χ3v) is 6.70. The first kappa shape index (κ1) is 18.3. The summed E-state index contributed by atoms with van der Waals surface area (Å²) in [7, 11) is 2.08. The molecule has 1 aromatic rings. The van der Waals surface area contributed by atoms with Crippen LogP contribution >= 0.6 is 0 Å². The molecular weight excluding hydrogens is 319 g/mol. The molecule has 7 heteroatoms. The lowest BCUT2D eigenvalue weighted by Crippen LogP contribution is -2.54. The Balaban J connectivity index is 2.14. The minimum absolute atomic E-state index is 0.0201. The van der Waals surface area contributed by atoms with Gasteiger partial charge in [-0.25, -0.2) is 12.8 Å². The van der Waals surface area contributed by atoms with Crippen molar-refractivity contribution in [2.45, 2.75) is 29.7 Å². The van der Waals surface area contributed by atoms with Crippen molar-refractivity contribution in [3.63, 3.8) is 0 Å². The van der Waals surface area contributed by atoms with Crippen LogP contribution in [0.5, 0.6) is 0 Å². The molecule has 0 unspecified atom stereocenters. The molecule has 0 amide bonds. The van der Waals surface area contributed by atoms with Gasteiger partial charge in [-0.1, -0.05) is 6.07 Å². The first-order chi connectivity index (χ1) is 10.8. The summed E-state index contributed by atoms with van der Waals surface area (Å²) in [6.45, 7) is 1.51. The van der Waals surface area contributed by atoms with Crippen molar-refractivity contribution < 1.29 is 17.5 Å². The van der Waals surface area contributed by atoms with Crippen LogP contribution in [-0.2, 0) is 14.8 Å². The van der Waals surface area contributed by atoms with Crippen LogP contribution in [-0.4, -0.2) is 64.1 Å². The first-order valence-corrected chi connectivity index (χ1v) is 9.18. The van der Waals surface area contributed by atoms with Gasteiger partial charge in [0, 0.05) is 32.3 Å². The SMILES string of the molecule is COCCC1(N(C)C)CCN(S(=O)(=O)c2cccc(F)c2)CC1. The molecule has 0 saturated carbocycles. The largest absolute Gasteiger partial charge is 0.385 e. The van der Waals surface area contributed by atoms with E-state index in [9.17, 15) is 12.8 Å². The maximum atomic E-state index is 13.3. The minimum Gasteiger partial charge on any atom is -0.385 e. The van der Waals surface area contributed by atoms with Gasteiger partial charge in [-0.3, -0.25) is 0 Å². The van der Waals surface area contributed by atoms with Gasteiger partial charge in [-0.15, -0.1) is 0 Å². The number of ether oxygens (including phenoxy) is 1. The molecule has 0 N–H and O–H groups in total. The van der Waals surface area contributed by atoms with Crippen LogP contribution in [0.2, 0.25) is 0 Å². The second-order valence-electron chi connectivity index (χ2n) is 6.22. The average Bonchev–Trinajstić information content (AvgIpc) is 2.53. The van der Waals surface area contributed by atoms with Crippen LogP contribution < -0.4 is 0 Å². The van der Waals surface area contributed by atoms with E-state index in [4.69, 9.17) is 4.74 Å². The zero-order chi connectivity index (χ0) is 17.1. The number of rotatable bonds is 6. The van der Waals surface area contributed by atoms with E-state index in [1.54, 1.807) is 7.11 Å². The Morgan fingerprint density at radius 1 is 1.30 bits per heavy atom. The molecule has 1 aromatic carbocycles. The zero-order valence-corrected chi connectivity index (χ0v) is 14.8. The first-order valence-electron chi connectivity index (χ1n) is 7.74. The molecular formula is C16H25FN2O3S. The normalized spacial score (nSPS) is 19.2. The van der Waals surface area contributed by atoms with Crippen molar-refractivity contribution >= 4 is 10.0 Å². The van der Waals surface area contributed by atoms with E-state index in [-0.39, 0.29) is 10.4 Å². The fourth-order valence-electron chi connectivity index (χ4n) is 3.13. The molecule has 2 rings (SSSR count). The van der Waals surface area contributed by atoms with Crippen LogP contribution in [0.4, 0.5) is 4.39 Å². The number of hydrogen-bond donors (Lipinski definition) is 0. The summed E-state index contributed by atoms with van der Waals surface area (Å²) in [4.78, 5) is 2.18. The van der Waals surface area contributed by atoms with Crippen molar-refractivity contribution in [1.29, 1.82) is 0 Å². The van der Waals surface area contributed by atoms with Crippen molar-refractivity contribution in [1.82, 2.24) is 9.21 Å². The standard InChI is InChI=1S/C16H25FN2O3S/c1-18(2)16(9-12-22-3)7-10-19(11-8-16)23(20,21)15-6-4-5-14(17)13-15/h4-6,13H,7-12H2,1-3H3. The van der Waals surface area contributed by atoms with Crippen LogP contribution in [0.15, 0.2) is 29.2 Å². The Kier molecular flexibility index (Phi) is 5.78. The van der Waals surface area contributed by atoms with E-state index < -0.39 is 15.8 Å². The molecule has 0 aromatic heterocycles. The lowest BCUT2D eigenvalue weighted by atomic mass is 9.84. The van der Waals surface area contributed by atoms with Gasteiger partial charge in [0.15, 0.2) is 0 Å². The summed E-state index contributed by atoms with van der Waals surface area (Å²) in [6, 6.07) is 5.19. The third kappa shape index (κ3) is 3.91. The number of nitrogens with zero attached hydrogens (tertiary/aromatic N) is 2. The van der Waals surface area contributed by atoms with Crippen LogP contribution in [0.1, 0.15) is 19.3 Å². The highest BCUT2D eigenvalue weighted by Gasteiger charge is 2.39. The Labute approximate surface area is 138 Å². The highest BCUT2D eigenvalue weighted by Crippen LogP contribution is 2.33. The van der Waals surface area contributed by atoms with E-state index in [0.29, 0.717) is 19.7 Å². The van der Waals surface area contributed by atoms with Gasteiger partial charge in [0.1, 0.15) is 5.82 Å². The Morgan fingerprint density at radius 3 is 2.48 bits per heavy atom. The van der Waals surface area contributed by atoms with Gasteiger partial charge in [0.2, 0.25) is 10.0 Å². The van der Waals surface area contributed by atoms with Crippen molar-refractivity contribution in [3.8, 4) is 0 Å². The van der Waals surface area contributed by atoms with Gasteiger partial charge in [0.05, 0.1) is 4.90 Å². The van der Waals surface area contributed by atoms with Gasteiger partial charge >= 0.3 is 0 Å². The molecule has 0 aliphatic carbocycles. The van der Waals surface area contributed by atoms with Crippen molar-refractivity contribution in [2.75, 3.05) is 40.9 Å². The summed E-state index contributed by atoms with van der Waals surface area (Å²) in [6.07, 6.45) is 2.33. The number of halogens is 1. The second-order valence-corrected chi connectivity index (χ2v) is 8.16. The van der Waals surface area contributed by atoms with E-state index in [1.807, 2.05) is 14.1 Å². The monoisotopic (exact) mass is 344 g/mol. The molecule has 130 valence electrons. The Morgan fingerprint density at radius 2 is 1.96 bits per heavy atom. The maximum Gasteiger partial charge on any atom is 0.243 e. The number of sulfonamides is 1. The van der Waals surface area contributed by atoms with Gasteiger partial charge in [-0.05, 0) is 51.6 Å². The lowest BCUT2D eigenvalue weighted by Gasteiger charge is -2.45. The van der Waals surface area contributed by atoms with Gasteiger partial charge < -0.3 is 9.64 Å². The zero-order valence-electron chi connectivity index (χ0n) is 14.0. The molecule has 0 radical (unpaired) electrons. The Bertz CT molecular complexity index is 626. The smallest absolute Gasteiger partial charge is 0.243 e. The van der Waals surface area contributed by atoms with E-state index >= 15 is 0 Å². The van der Waals surface area contributed by atoms with E-state index in [2.05, 4.69) is 4.90 Å². The van der Waals surface area contributed by atoms with Crippen LogP contribution in [0.3, 0.4) is 0 Å². The van der Waals surface area contributed by atoms with Crippen LogP contribution in [0, 0.1) is 5.82 Å². The third-order valence-electron chi connectivity index (χ3n) is 4.81. The summed E-state index contributed by atoms with van der Waals surface area (Å²) in [5.74, 6) is -0.536. The molecule has 5 nitrogen and oxygen atoms in total. The van der Waals surface area contributed by atoms with E-state index in [1.165, 1.54) is 22.5 Å². The molecule has 0 bridgehead atoms. The molecule has 1 fully saturated rings. The fourth-order valence-corrected chi connectivity index (χ4v) is 4.61. The predicted molar refractivity (Wildman–Crippen MR) is 87.3 cm³/mol. The number of benzene rings is 1. The van der Waals surface area contributed by atoms with Crippen molar-refractivity contribution in [2.24, 2.45) is 0 Å². The fraction of sp³-hybridized carbons (Fsp3) is 0.625. The maximum absolute atomic E-state index is 13.3. The summed E-state index contributed by atoms with van der Waals surface area (Å²) in [5.41, 5.74) is -0.0516. The molecule has 0 spiro atoms. The van der Waals surface area contributed by atoms with Crippen molar-refractivity contribution in [3.05, 3.63) is 30.1 Å². The molecule has 1 heterocycles. The average molecular weight is 344 g/mol. The number of piperidine rings is 1. The Hall–Kier alpha value is -1.02. The molecule has 23 heavy (non-hydrogen) atoms. The van der Waals surface area contributed by atoms with Gasteiger partial charge in [-0.2, -0.15) is 4.31 Å². The lowest BCUT2D eigenvalue weighted by molar-refractivity contribution is 0.0467. The summed E-state index contributed by atoms with van der Waals surface area (Å²) in [5, 5.41) is 0. The number of hydrogen-bond acceptors (Lipinski definition) is 4.